The number of allylic oxidation sites excluding steroid dienone is 2. The molecule has 2 aliphatic heterocycles. The summed E-state index contributed by atoms with van der Waals surface area (Å²) in [5.41, 5.74) is 5.31. The lowest BCUT2D eigenvalue weighted by atomic mass is 9.56. The van der Waals surface area contributed by atoms with Gasteiger partial charge in [-0.15, -0.1) is 0 Å². The number of ether oxygens (including phenoxy) is 3. The molecule has 2 saturated heterocycles. The summed E-state index contributed by atoms with van der Waals surface area (Å²) in [5.74, 6) is 3.53. The molecule has 4 aliphatic carbocycles. The molecular weight excluding hydrogens is 474 g/mol. The third kappa shape index (κ3) is 4.57. The first-order valence-corrected chi connectivity index (χ1v) is 15.8. The third-order valence-electron chi connectivity index (χ3n) is 12.2. The second-order valence-electron chi connectivity index (χ2n) is 14.3. The number of hydrogen-bond donors (Lipinski definition) is 1. The minimum atomic E-state index is -0.217. The van der Waals surface area contributed by atoms with Crippen molar-refractivity contribution in [2.24, 2.45) is 35.0 Å². The summed E-state index contributed by atoms with van der Waals surface area (Å²) in [6, 6.07) is 0.510. The molecule has 1 unspecified atom stereocenters. The topological polar surface area (TPSA) is 51.2 Å². The summed E-state index contributed by atoms with van der Waals surface area (Å²) in [6.07, 6.45) is 13.1. The van der Waals surface area contributed by atoms with Crippen LogP contribution < -0.4 is 0 Å². The third-order valence-corrected chi connectivity index (χ3v) is 12.2. The van der Waals surface area contributed by atoms with Crippen LogP contribution in [0.4, 0.5) is 0 Å². The zero-order chi connectivity index (χ0) is 26.7. The second-order valence-corrected chi connectivity index (χ2v) is 14.3. The molecule has 5 heteroatoms. The summed E-state index contributed by atoms with van der Waals surface area (Å²) in [5, 5.41) is 10.3. The van der Waals surface area contributed by atoms with Crippen molar-refractivity contribution in [3.63, 3.8) is 0 Å². The molecule has 6 aliphatic rings. The van der Waals surface area contributed by atoms with Crippen molar-refractivity contribution in [3.8, 4) is 0 Å². The van der Waals surface area contributed by atoms with Gasteiger partial charge in [0, 0.05) is 32.2 Å². The van der Waals surface area contributed by atoms with Crippen LogP contribution in [0, 0.1) is 35.0 Å². The zero-order valence-electron chi connectivity index (χ0n) is 24.7. The smallest absolute Gasteiger partial charge is 0.0765 e. The molecule has 5 nitrogen and oxygen atoms in total. The number of hydrogen-bond acceptors (Lipinski definition) is 5. The Morgan fingerprint density at radius 2 is 1.97 bits per heavy atom. The van der Waals surface area contributed by atoms with Crippen molar-refractivity contribution in [2.45, 2.75) is 109 Å². The summed E-state index contributed by atoms with van der Waals surface area (Å²) in [4.78, 5) is 2.71. The highest BCUT2D eigenvalue weighted by molar-refractivity contribution is 5.33. The Bertz CT molecular complexity index is 945. The first kappa shape index (κ1) is 27.4. The fourth-order valence-electron chi connectivity index (χ4n) is 10.3. The van der Waals surface area contributed by atoms with Gasteiger partial charge < -0.3 is 19.3 Å². The predicted octanol–water partition coefficient (Wildman–Crippen LogP) is 5.77. The zero-order valence-corrected chi connectivity index (χ0v) is 24.7. The summed E-state index contributed by atoms with van der Waals surface area (Å²) >= 11 is 0. The number of methoxy groups -OCH3 is 1. The van der Waals surface area contributed by atoms with Crippen LogP contribution in [0.15, 0.2) is 22.8 Å². The predicted molar refractivity (Wildman–Crippen MR) is 151 cm³/mol. The molecule has 0 bridgehead atoms. The van der Waals surface area contributed by atoms with Crippen LogP contribution in [0.5, 0.6) is 0 Å². The van der Waals surface area contributed by atoms with Crippen molar-refractivity contribution in [3.05, 3.63) is 22.8 Å². The lowest BCUT2D eigenvalue weighted by molar-refractivity contribution is -0.0806. The minimum absolute atomic E-state index is 0.00987. The minimum Gasteiger partial charge on any atom is -0.389 e. The van der Waals surface area contributed by atoms with Gasteiger partial charge in [-0.1, -0.05) is 43.6 Å². The number of nitrogens with zero attached hydrogens (tertiary/aromatic N) is 1. The average molecular weight is 528 g/mol. The first-order valence-electron chi connectivity index (χ1n) is 15.8. The Morgan fingerprint density at radius 1 is 1.13 bits per heavy atom. The molecule has 2 saturated carbocycles. The highest BCUT2D eigenvalue weighted by atomic mass is 16.5. The molecule has 0 aromatic rings. The van der Waals surface area contributed by atoms with E-state index < -0.39 is 0 Å². The van der Waals surface area contributed by atoms with Crippen molar-refractivity contribution in [2.75, 3.05) is 40.0 Å². The van der Waals surface area contributed by atoms with E-state index in [4.69, 9.17) is 14.2 Å². The Balaban J connectivity index is 1.20. The normalized spacial score (nSPS) is 46.8. The summed E-state index contributed by atoms with van der Waals surface area (Å²) in [7, 11) is 1.74. The van der Waals surface area contributed by atoms with E-state index in [9.17, 15) is 5.11 Å². The molecule has 0 amide bonds. The fourth-order valence-corrected chi connectivity index (χ4v) is 10.3. The number of fused-ring (bicyclic) bond motifs is 6. The average Bonchev–Trinajstić information content (AvgIpc) is 3.34. The van der Waals surface area contributed by atoms with Crippen molar-refractivity contribution < 1.29 is 19.3 Å². The maximum atomic E-state index is 10.3. The SMILES string of the molecule is COCCOCCN1C[C@@H](C)C[C@H]2O[C@]3(CC[C@@H]4C(=C(C)C3)C[C@H]3C4CCC4=C[C@@H](O)CC[C@@]43C)[C@H](C)[C@@H]21. The molecule has 1 N–H and O–H groups in total. The van der Waals surface area contributed by atoms with Crippen molar-refractivity contribution in [1.82, 2.24) is 4.90 Å². The van der Waals surface area contributed by atoms with Gasteiger partial charge in [0.15, 0.2) is 0 Å². The van der Waals surface area contributed by atoms with E-state index >= 15 is 0 Å². The van der Waals surface area contributed by atoms with Crippen LogP contribution in [-0.2, 0) is 14.2 Å². The molecule has 6 rings (SSSR count). The van der Waals surface area contributed by atoms with Crippen LogP contribution in [0.25, 0.3) is 0 Å². The number of likely N-dealkylation sites (tertiary alicyclic amines) is 1. The molecule has 1 spiro atoms. The number of aliphatic hydroxyl groups excluding tert-OH is 1. The van der Waals surface area contributed by atoms with Gasteiger partial charge in [-0.3, -0.25) is 4.90 Å². The van der Waals surface area contributed by atoms with E-state index in [1.807, 2.05) is 0 Å². The van der Waals surface area contributed by atoms with Crippen LogP contribution in [0.3, 0.4) is 0 Å². The highest BCUT2D eigenvalue weighted by Gasteiger charge is 2.59. The highest BCUT2D eigenvalue weighted by Crippen LogP contribution is 2.64. The molecular formula is C33H53NO4. The van der Waals surface area contributed by atoms with Gasteiger partial charge in [-0.25, -0.2) is 0 Å². The maximum Gasteiger partial charge on any atom is 0.0765 e. The fraction of sp³-hybridized carbons (Fsp3) is 0.879. The van der Waals surface area contributed by atoms with Gasteiger partial charge in [-0.2, -0.15) is 0 Å². The molecule has 214 valence electrons. The number of aliphatic hydroxyl groups is 1. The largest absolute Gasteiger partial charge is 0.389 e. The van der Waals surface area contributed by atoms with Crippen LogP contribution in [0.1, 0.15) is 85.5 Å². The van der Waals surface area contributed by atoms with Crippen molar-refractivity contribution >= 4 is 0 Å². The Kier molecular flexibility index (Phi) is 7.65. The van der Waals surface area contributed by atoms with Gasteiger partial charge in [0.1, 0.15) is 0 Å². The lowest BCUT2D eigenvalue weighted by Crippen LogP contribution is -2.52. The number of piperidine rings is 1. The van der Waals surface area contributed by atoms with E-state index in [2.05, 4.69) is 38.7 Å². The van der Waals surface area contributed by atoms with Crippen LogP contribution >= 0.6 is 0 Å². The Labute approximate surface area is 231 Å². The van der Waals surface area contributed by atoms with E-state index in [-0.39, 0.29) is 11.7 Å². The quantitative estimate of drug-likeness (QED) is 0.351. The molecule has 38 heavy (non-hydrogen) atoms. The summed E-state index contributed by atoms with van der Waals surface area (Å²) in [6.45, 7) is 14.2. The molecule has 0 aromatic carbocycles. The van der Waals surface area contributed by atoms with Crippen LogP contribution in [0.2, 0.25) is 0 Å². The van der Waals surface area contributed by atoms with Gasteiger partial charge >= 0.3 is 0 Å². The van der Waals surface area contributed by atoms with Crippen molar-refractivity contribution in [1.29, 1.82) is 0 Å². The van der Waals surface area contributed by atoms with E-state index in [0.717, 1.165) is 56.7 Å². The Hall–Kier alpha value is -0.720. The van der Waals surface area contributed by atoms with Crippen LogP contribution in [-0.4, -0.2) is 73.9 Å². The Morgan fingerprint density at radius 3 is 2.79 bits per heavy atom. The van der Waals surface area contributed by atoms with Gasteiger partial charge in [0.05, 0.1) is 37.6 Å². The lowest BCUT2D eigenvalue weighted by Gasteiger charge is -2.49. The summed E-state index contributed by atoms with van der Waals surface area (Å²) < 4.78 is 18.3. The van der Waals surface area contributed by atoms with Gasteiger partial charge in [-0.05, 0) is 93.8 Å². The van der Waals surface area contributed by atoms with E-state index in [1.165, 1.54) is 38.5 Å². The first-order chi connectivity index (χ1) is 18.3. The van der Waals surface area contributed by atoms with Gasteiger partial charge in [0.2, 0.25) is 0 Å². The molecule has 2 heterocycles. The van der Waals surface area contributed by atoms with Gasteiger partial charge in [0.25, 0.3) is 0 Å². The van der Waals surface area contributed by atoms with E-state index in [0.29, 0.717) is 42.6 Å². The monoisotopic (exact) mass is 527 g/mol. The van der Waals surface area contributed by atoms with E-state index in [1.54, 1.807) is 23.8 Å². The second kappa shape index (κ2) is 10.6. The number of rotatable bonds is 6. The molecule has 10 atom stereocenters. The molecule has 0 aromatic heterocycles. The molecule has 0 radical (unpaired) electrons. The standard InChI is InChI=1S/C33H53NO4/c1-21-16-30-31(34(20-21)12-13-37-15-14-36-5)23(3)33(38-30)11-9-26-27-7-6-24-17-25(35)8-10-32(24,4)29(27)18-28(26)22(2)19-33/h17,21,23,25-27,29-31,35H,6-16,18-20H2,1-5H3/t21-,23+,25-,26-,27?,29-,30+,31-,32-,33-/m0/s1. The molecule has 4 fully saturated rings. The maximum absolute atomic E-state index is 10.3.